The standard InChI is InChI=1S/C12H27BrO3Si/c1-5-8-14-17(12(4)11-13,15-9-6-2)16-10-7-3/h12H,5-11H2,1-4H3. The summed E-state index contributed by atoms with van der Waals surface area (Å²) in [6, 6.07) is 0. The van der Waals surface area contributed by atoms with Gasteiger partial charge in [0.1, 0.15) is 0 Å². The van der Waals surface area contributed by atoms with Gasteiger partial charge in [0.15, 0.2) is 0 Å². The van der Waals surface area contributed by atoms with Gasteiger partial charge in [-0.1, -0.05) is 43.6 Å². The van der Waals surface area contributed by atoms with Crippen molar-refractivity contribution in [2.24, 2.45) is 0 Å². The van der Waals surface area contributed by atoms with Gasteiger partial charge in [-0.3, -0.25) is 0 Å². The van der Waals surface area contributed by atoms with Crippen LogP contribution in [0.2, 0.25) is 5.54 Å². The molecule has 0 aromatic heterocycles. The van der Waals surface area contributed by atoms with E-state index in [1.807, 2.05) is 0 Å². The lowest BCUT2D eigenvalue weighted by molar-refractivity contribution is 0.0529. The van der Waals surface area contributed by atoms with Crippen LogP contribution in [-0.2, 0) is 13.3 Å². The van der Waals surface area contributed by atoms with Crippen LogP contribution >= 0.6 is 15.9 Å². The Kier molecular flexibility index (Phi) is 10.9. The Morgan fingerprint density at radius 3 is 1.47 bits per heavy atom. The zero-order valence-electron chi connectivity index (χ0n) is 11.6. The normalized spacial score (nSPS) is 13.9. The molecule has 0 bridgehead atoms. The Morgan fingerprint density at radius 2 is 1.24 bits per heavy atom. The van der Waals surface area contributed by atoms with Crippen LogP contribution in [0, 0.1) is 0 Å². The molecule has 0 spiro atoms. The highest BCUT2D eigenvalue weighted by atomic mass is 79.9. The molecule has 0 aromatic rings. The molecular formula is C12H27BrO3Si. The summed E-state index contributed by atoms with van der Waals surface area (Å²) in [4.78, 5) is 0. The molecule has 17 heavy (non-hydrogen) atoms. The van der Waals surface area contributed by atoms with E-state index in [0.29, 0.717) is 5.54 Å². The molecule has 0 radical (unpaired) electrons. The van der Waals surface area contributed by atoms with Crippen molar-refractivity contribution < 1.29 is 13.3 Å². The van der Waals surface area contributed by atoms with Crippen LogP contribution < -0.4 is 0 Å². The summed E-state index contributed by atoms with van der Waals surface area (Å²) in [5, 5.41) is 0.858. The van der Waals surface area contributed by atoms with E-state index in [1.165, 1.54) is 0 Å². The van der Waals surface area contributed by atoms with Gasteiger partial charge in [0.05, 0.1) is 0 Å². The first-order valence-electron chi connectivity index (χ1n) is 6.64. The molecule has 104 valence electrons. The maximum Gasteiger partial charge on any atom is 0.504 e. The van der Waals surface area contributed by atoms with Gasteiger partial charge in [-0.15, -0.1) is 0 Å². The van der Waals surface area contributed by atoms with E-state index in [4.69, 9.17) is 13.3 Å². The molecule has 0 aliphatic rings. The minimum absolute atomic E-state index is 0.298. The van der Waals surface area contributed by atoms with Crippen molar-refractivity contribution in [1.29, 1.82) is 0 Å². The van der Waals surface area contributed by atoms with Gasteiger partial charge < -0.3 is 13.3 Å². The largest absolute Gasteiger partial charge is 0.504 e. The van der Waals surface area contributed by atoms with E-state index >= 15 is 0 Å². The third-order valence-corrected chi connectivity index (χ3v) is 7.16. The van der Waals surface area contributed by atoms with Crippen molar-refractivity contribution >= 4 is 24.7 Å². The van der Waals surface area contributed by atoms with E-state index < -0.39 is 8.80 Å². The molecule has 0 rings (SSSR count). The second-order valence-electron chi connectivity index (χ2n) is 4.20. The maximum absolute atomic E-state index is 6.00. The Bertz CT molecular complexity index is 159. The monoisotopic (exact) mass is 326 g/mol. The van der Waals surface area contributed by atoms with Crippen molar-refractivity contribution in [3.05, 3.63) is 0 Å². The lowest BCUT2D eigenvalue weighted by atomic mass is 10.5. The van der Waals surface area contributed by atoms with Crippen LogP contribution in [-0.4, -0.2) is 34.0 Å². The molecule has 0 saturated carbocycles. The molecule has 0 fully saturated rings. The van der Waals surface area contributed by atoms with Crippen LogP contribution in [0.25, 0.3) is 0 Å². The van der Waals surface area contributed by atoms with Crippen molar-refractivity contribution in [2.75, 3.05) is 25.2 Å². The van der Waals surface area contributed by atoms with Gasteiger partial charge in [0.25, 0.3) is 0 Å². The SMILES string of the molecule is CCCO[Si](OCCC)(OCCC)C(C)CBr. The van der Waals surface area contributed by atoms with Gasteiger partial charge >= 0.3 is 8.80 Å². The topological polar surface area (TPSA) is 27.7 Å². The fraction of sp³-hybridized carbons (Fsp3) is 1.00. The molecule has 0 saturated heterocycles. The van der Waals surface area contributed by atoms with Crippen LogP contribution in [0.3, 0.4) is 0 Å². The molecule has 0 N–H and O–H groups in total. The smallest absolute Gasteiger partial charge is 0.373 e. The average molecular weight is 327 g/mol. The van der Waals surface area contributed by atoms with Gasteiger partial charge in [0.2, 0.25) is 0 Å². The van der Waals surface area contributed by atoms with E-state index in [-0.39, 0.29) is 0 Å². The molecule has 0 heterocycles. The summed E-state index contributed by atoms with van der Waals surface area (Å²) in [6.45, 7) is 10.6. The molecule has 0 aromatic carbocycles. The summed E-state index contributed by atoms with van der Waals surface area (Å²) in [7, 11) is -2.51. The Balaban J connectivity index is 4.63. The zero-order chi connectivity index (χ0) is 13.1. The van der Waals surface area contributed by atoms with Gasteiger partial charge in [0, 0.05) is 30.7 Å². The number of halogens is 1. The lowest BCUT2D eigenvalue weighted by Crippen LogP contribution is -2.50. The van der Waals surface area contributed by atoms with Crippen LogP contribution in [0.15, 0.2) is 0 Å². The summed E-state index contributed by atoms with van der Waals surface area (Å²) in [6.07, 6.45) is 2.98. The van der Waals surface area contributed by atoms with E-state index in [9.17, 15) is 0 Å². The summed E-state index contributed by atoms with van der Waals surface area (Å²) in [5.41, 5.74) is 0.298. The molecule has 1 atom stereocenters. The minimum atomic E-state index is -2.51. The second-order valence-corrected chi connectivity index (χ2v) is 7.91. The first-order chi connectivity index (χ1) is 8.16. The predicted octanol–water partition coefficient (Wildman–Crippen LogP) is 3.99. The van der Waals surface area contributed by atoms with E-state index in [2.05, 4.69) is 43.6 Å². The third kappa shape index (κ3) is 6.34. The van der Waals surface area contributed by atoms with Crippen molar-refractivity contribution in [3.63, 3.8) is 0 Å². The van der Waals surface area contributed by atoms with Gasteiger partial charge in [-0.05, 0) is 19.3 Å². The highest BCUT2D eigenvalue weighted by Crippen LogP contribution is 2.28. The first-order valence-corrected chi connectivity index (χ1v) is 9.56. The molecule has 0 aliphatic carbocycles. The lowest BCUT2D eigenvalue weighted by Gasteiger charge is -2.33. The maximum atomic E-state index is 6.00. The minimum Gasteiger partial charge on any atom is -0.373 e. The average Bonchev–Trinajstić information content (AvgIpc) is 2.37. The fourth-order valence-corrected chi connectivity index (χ4v) is 5.33. The quantitative estimate of drug-likeness (QED) is 0.424. The molecule has 3 nitrogen and oxygen atoms in total. The summed E-state index contributed by atoms with van der Waals surface area (Å²) >= 11 is 3.52. The molecular weight excluding hydrogens is 300 g/mol. The number of alkyl halides is 1. The molecule has 0 aliphatic heterocycles. The van der Waals surface area contributed by atoms with Crippen molar-refractivity contribution in [2.45, 2.75) is 52.5 Å². The first kappa shape index (κ1) is 17.6. The molecule has 5 heteroatoms. The highest BCUT2D eigenvalue weighted by Gasteiger charge is 2.46. The van der Waals surface area contributed by atoms with Crippen LogP contribution in [0.1, 0.15) is 47.0 Å². The Labute approximate surface area is 116 Å². The van der Waals surface area contributed by atoms with Gasteiger partial charge in [-0.2, -0.15) is 0 Å². The highest BCUT2D eigenvalue weighted by molar-refractivity contribution is 9.09. The van der Waals surface area contributed by atoms with Crippen LogP contribution in [0.4, 0.5) is 0 Å². The predicted molar refractivity (Wildman–Crippen MR) is 77.7 cm³/mol. The van der Waals surface area contributed by atoms with Crippen molar-refractivity contribution in [1.82, 2.24) is 0 Å². The molecule has 1 unspecified atom stereocenters. The fourth-order valence-electron chi connectivity index (χ4n) is 1.38. The Morgan fingerprint density at radius 1 is 0.882 bits per heavy atom. The summed E-state index contributed by atoms with van der Waals surface area (Å²) < 4.78 is 18.0. The zero-order valence-corrected chi connectivity index (χ0v) is 14.2. The second kappa shape index (κ2) is 10.5. The number of rotatable bonds is 11. The Hall–Kier alpha value is 0.577. The van der Waals surface area contributed by atoms with Crippen LogP contribution in [0.5, 0.6) is 0 Å². The summed E-state index contributed by atoms with van der Waals surface area (Å²) in [5.74, 6) is 0. The third-order valence-electron chi connectivity index (χ3n) is 2.36. The van der Waals surface area contributed by atoms with E-state index in [0.717, 1.165) is 44.4 Å². The number of hydrogen-bond donors (Lipinski definition) is 0. The number of hydrogen-bond acceptors (Lipinski definition) is 3. The van der Waals surface area contributed by atoms with E-state index in [1.54, 1.807) is 0 Å². The van der Waals surface area contributed by atoms with Gasteiger partial charge in [-0.25, -0.2) is 0 Å². The molecule has 0 amide bonds. The van der Waals surface area contributed by atoms with Crippen molar-refractivity contribution in [3.8, 4) is 0 Å².